The van der Waals surface area contributed by atoms with Crippen molar-refractivity contribution in [2.75, 3.05) is 0 Å². The summed E-state index contributed by atoms with van der Waals surface area (Å²) in [6.45, 7) is 2.03. The number of hydrogen-bond acceptors (Lipinski definition) is 1. The average Bonchev–Trinajstić information content (AvgIpc) is 2.49. The molecule has 0 aliphatic carbocycles. The van der Waals surface area contributed by atoms with Crippen molar-refractivity contribution < 1.29 is 0 Å². The molecule has 0 fully saturated rings. The first-order valence-electron chi connectivity index (χ1n) is 4.34. The predicted octanol–water partition coefficient (Wildman–Crippen LogP) is 2.16. The molecule has 0 bridgehead atoms. The molecule has 1 aromatic rings. The Kier molecular flexibility index (Phi) is 3.61. The fourth-order valence-corrected chi connectivity index (χ4v) is 1.02. The molecule has 1 atom stereocenters. The fourth-order valence-electron chi connectivity index (χ4n) is 1.02. The number of nitrogens with one attached hydrogen (secondary N) is 1. The van der Waals surface area contributed by atoms with E-state index in [9.17, 15) is 0 Å². The molecule has 2 heteroatoms. The molecule has 0 aliphatic heterocycles. The molecule has 1 heterocycles. The Balaban J connectivity index is 2.23. The van der Waals surface area contributed by atoms with E-state index in [0.717, 1.165) is 18.5 Å². The van der Waals surface area contributed by atoms with Gasteiger partial charge in [0.25, 0.3) is 0 Å². The molecule has 1 rings (SSSR count). The van der Waals surface area contributed by atoms with Crippen LogP contribution in [-0.2, 0) is 0 Å². The van der Waals surface area contributed by atoms with Crippen molar-refractivity contribution in [1.29, 1.82) is 0 Å². The van der Waals surface area contributed by atoms with Gasteiger partial charge in [-0.05, 0) is 38.0 Å². The van der Waals surface area contributed by atoms with Gasteiger partial charge < -0.3 is 10.7 Å². The van der Waals surface area contributed by atoms with E-state index in [0.29, 0.717) is 6.04 Å². The lowest BCUT2D eigenvalue weighted by molar-refractivity contribution is 0.677. The molecule has 0 saturated heterocycles. The Hall–Kier alpha value is -1.02. The largest absolute Gasteiger partial charge is 0.362 e. The van der Waals surface area contributed by atoms with Crippen LogP contribution >= 0.6 is 0 Å². The van der Waals surface area contributed by atoms with Gasteiger partial charge in [-0.2, -0.15) is 0 Å². The van der Waals surface area contributed by atoms with Gasteiger partial charge in [0.1, 0.15) is 0 Å². The van der Waals surface area contributed by atoms with Crippen molar-refractivity contribution in [3.8, 4) is 0 Å². The fraction of sp³-hybridized carbons (Fsp3) is 0.400. The Morgan fingerprint density at radius 3 is 3.08 bits per heavy atom. The van der Waals surface area contributed by atoms with E-state index < -0.39 is 0 Å². The van der Waals surface area contributed by atoms with E-state index in [1.165, 1.54) is 0 Å². The third kappa shape index (κ3) is 3.39. The Morgan fingerprint density at radius 1 is 1.67 bits per heavy atom. The maximum atomic E-state index is 5.61. The van der Waals surface area contributed by atoms with E-state index in [4.69, 9.17) is 5.73 Å². The highest BCUT2D eigenvalue weighted by atomic mass is 14.7. The number of aromatic nitrogens is 1. The standard InChI is InChI=1S/C10H16N2/c1-9(11)5-2-3-6-10-7-4-8-12-10/h3-4,6-9,12H,2,5,11H2,1H3/b6-3+. The second-order valence-corrected chi connectivity index (χ2v) is 3.08. The van der Waals surface area contributed by atoms with Crippen molar-refractivity contribution in [3.05, 3.63) is 30.1 Å². The first-order valence-corrected chi connectivity index (χ1v) is 4.34. The van der Waals surface area contributed by atoms with Gasteiger partial charge in [-0.1, -0.05) is 6.08 Å². The number of aromatic amines is 1. The molecule has 2 nitrogen and oxygen atoms in total. The maximum absolute atomic E-state index is 5.61. The summed E-state index contributed by atoms with van der Waals surface area (Å²) in [5.74, 6) is 0. The molecule has 1 aromatic heterocycles. The summed E-state index contributed by atoms with van der Waals surface area (Å²) in [5, 5.41) is 0. The molecule has 1 unspecified atom stereocenters. The van der Waals surface area contributed by atoms with Crippen LogP contribution < -0.4 is 5.73 Å². The van der Waals surface area contributed by atoms with Crippen molar-refractivity contribution in [3.63, 3.8) is 0 Å². The molecular formula is C10H16N2. The summed E-state index contributed by atoms with van der Waals surface area (Å²) in [6.07, 6.45) is 8.26. The first-order chi connectivity index (χ1) is 5.79. The van der Waals surface area contributed by atoms with Crippen LogP contribution in [0, 0.1) is 0 Å². The summed E-state index contributed by atoms with van der Waals surface area (Å²) in [4.78, 5) is 3.11. The normalized spacial score (nSPS) is 13.8. The highest BCUT2D eigenvalue weighted by Crippen LogP contribution is 2.01. The average molecular weight is 164 g/mol. The van der Waals surface area contributed by atoms with Gasteiger partial charge in [0.05, 0.1) is 0 Å². The lowest BCUT2D eigenvalue weighted by atomic mass is 10.2. The zero-order chi connectivity index (χ0) is 8.81. The lowest BCUT2D eigenvalue weighted by Crippen LogP contribution is -2.13. The number of hydrogen-bond donors (Lipinski definition) is 2. The van der Waals surface area contributed by atoms with Crippen molar-refractivity contribution in [2.24, 2.45) is 5.73 Å². The van der Waals surface area contributed by atoms with Gasteiger partial charge in [0.2, 0.25) is 0 Å². The zero-order valence-corrected chi connectivity index (χ0v) is 7.46. The zero-order valence-electron chi connectivity index (χ0n) is 7.46. The molecule has 0 spiro atoms. The molecule has 0 amide bonds. The second-order valence-electron chi connectivity index (χ2n) is 3.08. The second kappa shape index (κ2) is 4.78. The van der Waals surface area contributed by atoms with Gasteiger partial charge in [-0.3, -0.25) is 0 Å². The quantitative estimate of drug-likeness (QED) is 0.703. The van der Waals surface area contributed by atoms with Crippen molar-refractivity contribution in [1.82, 2.24) is 4.98 Å². The van der Waals surface area contributed by atoms with Crippen LogP contribution in [0.4, 0.5) is 0 Å². The molecule has 0 saturated carbocycles. The van der Waals surface area contributed by atoms with E-state index in [-0.39, 0.29) is 0 Å². The molecule has 0 aromatic carbocycles. The minimum Gasteiger partial charge on any atom is -0.362 e. The summed E-state index contributed by atoms with van der Waals surface area (Å²) < 4.78 is 0. The number of nitrogens with two attached hydrogens (primary N) is 1. The monoisotopic (exact) mass is 164 g/mol. The van der Waals surface area contributed by atoms with Gasteiger partial charge in [0, 0.05) is 17.9 Å². The smallest absolute Gasteiger partial charge is 0.0377 e. The molecule has 12 heavy (non-hydrogen) atoms. The Labute approximate surface area is 73.5 Å². The van der Waals surface area contributed by atoms with Gasteiger partial charge >= 0.3 is 0 Å². The van der Waals surface area contributed by atoms with Crippen LogP contribution in [0.25, 0.3) is 6.08 Å². The summed E-state index contributed by atoms with van der Waals surface area (Å²) in [7, 11) is 0. The van der Waals surface area contributed by atoms with Gasteiger partial charge in [0.15, 0.2) is 0 Å². The van der Waals surface area contributed by atoms with Gasteiger partial charge in [-0.15, -0.1) is 0 Å². The highest BCUT2D eigenvalue weighted by molar-refractivity contribution is 5.43. The molecular weight excluding hydrogens is 148 g/mol. The lowest BCUT2D eigenvalue weighted by Gasteiger charge is -1.98. The van der Waals surface area contributed by atoms with E-state index in [1.807, 2.05) is 25.3 Å². The topological polar surface area (TPSA) is 41.8 Å². The van der Waals surface area contributed by atoms with Crippen LogP contribution in [-0.4, -0.2) is 11.0 Å². The third-order valence-electron chi connectivity index (χ3n) is 1.71. The molecule has 66 valence electrons. The predicted molar refractivity (Wildman–Crippen MR) is 52.7 cm³/mol. The minimum atomic E-state index is 0.304. The van der Waals surface area contributed by atoms with E-state index in [1.54, 1.807) is 0 Å². The third-order valence-corrected chi connectivity index (χ3v) is 1.71. The minimum absolute atomic E-state index is 0.304. The van der Waals surface area contributed by atoms with Crippen LogP contribution in [0.3, 0.4) is 0 Å². The van der Waals surface area contributed by atoms with Crippen LogP contribution in [0.1, 0.15) is 25.5 Å². The number of allylic oxidation sites excluding steroid dienone is 1. The van der Waals surface area contributed by atoms with Crippen LogP contribution in [0.15, 0.2) is 24.4 Å². The Bertz CT molecular complexity index is 222. The molecule has 0 radical (unpaired) electrons. The van der Waals surface area contributed by atoms with Crippen LogP contribution in [0.2, 0.25) is 0 Å². The SMILES string of the molecule is CC(N)CC/C=C/c1ccc[nH]1. The molecule has 3 N–H and O–H groups in total. The summed E-state index contributed by atoms with van der Waals surface area (Å²) in [6, 6.07) is 4.34. The summed E-state index contributed by atoms with van der Waals surface area (Å²) in [5.41, 5.74) is 6.76. The van der Waals surface area contributed by atoms with Crippen LogP contribution in [0.5, 0.6) is 0 Å². The number of rotatable bonds is 4. The van der Waals surface area contributed by atoms with E-state index in [2.05, 4.69) is 17.1 Å². The Morgan fingerprint density at radius 2 is 2.50 bits per heavy atom. The highest BCUT2D eigenvalue weighted by Gasteiger charge is 1.89. The van der Waals surface area contributed by atoms with Gasteiger partial charge in [-0.25, -0.2) is 0 Å². The van der Waals surface area contributed by atoms with E-state index >= 15 is 0 Å². The summed E-state index contributed by atoms with van der Waals surface area (Å²) >= 11 is 0. The van der Waals surface area contributed by atoms with Crippen molar-refractivity contribution >= 4 is 6.08 Å². The number of H-pyrrole nitrogens is 1. The first kappa shape index (κ1) is 9.07. The van der Waals surface area contributed by atoms with Crippen molar-refractivity contribution in [2.45, 2.75) is 25.8 Å². The maximum Gasteiger partial charge on any atom is 0.0377 e. The molecule has 0 aliphatic rings.